The summed E-state index contributed by atoms with van der Waals surface area (Å²) >= 11 is 1.89. The van der Waals surface area contributed by atoms with Crippen molar-refractivity contribution in [1.29, 1.82) is 0 Å². The zero-order valence-corrected chi connectivity index (χ0v) is 32.6. The molecule has 2 aromatic heterocycles. The average molecular weight is 768 g/mol. The van der Waals surface area contributed by atoms with Gasteiger partial charge in [-0.3, -0.25) is 4.57 Å². The first-order valence-corrected chi connectivity index (χ1v) is 21.0. The minimum Gasteiger partial charge on any atom is -0.277 e. The van der Waals surface area contributed by atoms with Crippen molar-refractivity contribution in [2.24, 2.45) is 0 Å². The lowest BCUT2D eigenvalue weighted by molar-refractivity contribution is 0.723. The maximum atomic E-state index is 5.58. The number of aromatic nitrogens is 3. The number of hydrogen-bond donors (Lipinski definition) is 0. The van der Waals surface area contributed by atoms with Crippen LogP contribution in [0.2, 0.25) is 0 Å². The third kappa shape index (κ3) is 4.55. The quantitative estimate of drug-likeness (QED) is 0.179. The van der Waals surface area contributed by atoms with Crippen LogP contribution in [0.15, 0.2) is 210 Å². The molecule has 4 heteroatoms. The lowest BCUT2D eigenvalue weighted by Crippen LogP contribution is -2.32. The van der Waals surface area contributed by atoms with Crippen LogP contribution >= 0.6 is 11.8 Å². The van der Waals surface area contributed by atoms with Gasteiger partial charge in [-0.2, -0.15) is 0 Å². The van der Waals surface area contributed by atoms with E-state index < -0.39 is 5.41 Å². The van der Waals surface area contributed by atoms with Crippen LogP contribution in [0.25, 0.3) is 82.9 Å². The van der Waals surface area contributed by atoms with E-state index in [-0.39, 0.29) is 0 Å². The monoisotopic (exact) mass is 767 g/mol. The van der Waals surface area contributed by atoms with Crippen molar-refractivity contribution in [2.75, 3.05) is 0 Å². The summed E-state index contributed by atoms with van der Waals surface area (Å²) in [6.45, 7) is 0. The number of hydrogen-bond acceptors (Lipinski definition) is 3. The van der Waals surface area contributed by atoms with E-state index in [0.717, 1.165) is 33.2 Å². The smallest absolute Gasteiger partial charge is 0.235 e. The van der Waals surface area contributed by atoms with E-state index in [4.69, 9.17) is 9.97 Å². The second-order valence-electron chi connectivity index (χ2n) is 15.7. The zero-order valence-electron chi connectivity index (χ0n) is 31.8. The van der Waals surface area contributed by atoms with Crippen LogP contribution in [-0.4, -0.2) is 14.5 Å². The summed E-state index contributed by atoms with van der Waals surface area (Å²) in [5.74, 6) is 0.660. The van der Waals surface area contributed by atoms with Gasteiger partial charge in [0.15, 0.2) is 0 Å². The van der Waals surface area contributed by atoms with Crippen LogP contribution in [0.4, 0.5) is 0 Å². The topological polar surface area (TPSA) is 30.7 Å². The lowest BCUT2D eigenvalue weighted by atomic mass is 9.67. The van der Waals surface area contributed by atoms with E-state index in [9.17, 15) is 0 Å². The predicted molar refractivity (Wildman–Crippen MR) is 244 cm³/mol. The molecule has 0 amide bonds. The fourth-order valence-corrected chi connectivity index (χ4v) is 11.4. The van der Waals surface area contributed by atoms with Crippen molar-refractivity contribution < 1.29 is 0 Å². The summed E-state index contributed by atoms with van der Waals surface area (Å²) in [7, 11) is 0. The molecule has 0 unspecified atom stereocenters. The minimum absolute atomic E-state index is 0.502. The highest BCUT2D eigenvalue weighted by Gasteiger charge is 2.50. The Bertz CT molecular complexity index is 3480. The van der Waals surface area contributed by atoms with Crippen molar-refractivity contribution in [1.82, 2.24) is 14.5 Å². The summed E-state index contributed by atoms with van der Waals surface area (Å²) < 4.78 is 2.35. The molecular formula is C55H33N3S. The van der Waals surface area contributed by atoms with Gasteiger partial charge in [0.1, 0.15) is 0 Å². The first-order valence-electron chi connectivity index (χ1n) is 20.2. The van der Waals surface area contributed by atoms with E-state index in [2.05, 4.69) is 205 Å². The highest BCUT2D eigenvalue weighted by Crippen LogP contribution is 2.62. The van der Waals surface area contributed by atoms with E-state index in [1.807, 2.05) is 11.8 Å². The molecule has 2 aliphatic rings. The van der Waals surface area contributed by atoms with E-state index in [0.29, 0.717) is 5.95 Å². The molecule has 1 aliphatic heterocycles. The molecule has 1 aliphatic carbocycles. The van der Waals surface area contributed by atoms with E-state index in [1.165, 1.54) is 75.8 Å². The maximum absolute atomic E-state index is 5.58. The number of rotatable bonds is 3. The molecule has 0 N–H and O–H groups in total. The first kappa shape index (κ1) is 32.8. The van der Waals surface area contributed by atoms with Gasteiger partial charge < -0.3 is 0 Å². The summed E-state index contributed by atoms with van der Waals surface area (Å²) in [5, 5.41) is 5.76. The van der Waals surface area contributed by atoms with Gasteiger partial charge in [-0.25, -0.2) is 9.97 Å². The van der Waals surface area contributed by atoms with Crippen molar-refractivity contribution in [3.05, 3.63) is 222 Å². The Kier molecular flexibility index (Phi) is 6.87. The van der Waals surface area contributed by atoms with Gasteiger partial charge >= 0.3 is 0 Å². The molecule has 274 valence electrons. The third-order valence-electron chi connectivity index (χ3n) is 12.7. The van der Waals surface area contributed by atoms with Crippen LogP contribution in [0.5, 0.6) is 0 Å². The first-order chi connectivity index (χ1) is 29.3. The predicted octanol–water partition coefficient (Wildman–Crippen LogP) is 14.0. The fraction of sp³-hybridized carbons (Fsp3) is 0.0182. The highest BCUT2D eigenvalue weighted by molar-refractivity contribution is 7.99. The molecule has 0 radical (unpaired) electrons. The van der Waals surface area contributed by atoms with Gasteiger partial charge in [-0.05, 0) is 74.2 Å². The van der Waals surface area contributed by atoms with Gasteiger partial charge in [0.05, 0.1) is 27.7 Å². The molecule has 59 heavy (non-hydrogen) atoms. The van der Waals surface area contributed by atoms with Crippen molar-refractivity contribution in [2.45, 2.75) is 15.2 Å². The molecule has 3 heterocycles. The Morgan fingerprint density at radius 1 is 0.407 bits per heavy atom. The normalized spacial score (nSPS) is 13.5. The molecule has 9 aromatic carbocycles. The van der Waals surface area contributed by atoms with Crippen LogP contribution in [-0.2, 0) is 5.41 Å². The number of nitrogens with zero attached hydrogens (tertiary/aromatic N) is 3. The molecule has 11 aromatic rings. The summed E-state index contributed by atoms with van der Waals surface area (Å²) in [4.78, 5) is 13.6. The minimum atomic E-state index is -0.502. The summed E-state index contributed by atoms with van der Waals surface area (Å²) in [6, 6.07) is 73.0. The Hall–Kier alpha value is -7.27. The fourth-order valence-electron chi connectivity index (χ4n) is 10.2. The van der Waals surface area contributed by atoms with Gasteiger partial charge in [0, 0.05) is 36.9 Å². The number of fused-ring (bicyclic) bond motifs is 15. The maximum Gasteiger partial charge on any atom is 0.235 e. The van der Waals surface area contributed by atoms with Crippen molar-refractivity contribution >= 4 is 55.2 Å². The molecule has 13 rings (SSSR count). The molecule has 0 atom stereocenters. The molecule has 3 nitrogen and oxygen atoms in total. The largest absolute Gasteiger partial charge is 0.277 e. The molecule has 1 spiro atoms. The lowest BCUT2D eigenvalue weighted by Gasteiger charge is -2.39. The third-order valence-corrected chi connectivity index (χ3v) is 13.8. The number of para-hydroxylation sites is 1. The van der Waals surface area contributed by atoms with Crippen molar-refractivity contribution in [3.8, 4) is 39.5 Å². The summed E-state index contributed by atoms with van der Waals surface area (Å²) in [5.41, 5.74) is 14.8. The Morgan fingerprint density at radius 3 is 1.83 bits per heavy atom. The van der Waals surface area contributed by atoms with Crippen LogP contribution < -0.4 is 0 Å². The number of benzene rings is 9. The Labute approximate surface area is 345 Å². The zero-order chi connectivity index (χ0) is 38.7. The molecule has 0 saturated carbocycles. The van der Waals surface area contributed by atoms with Gasteiger partial charge in [-0.1, -0.05) is 188 Å². The van der Waals surface area contributed by atoms with Gasteiger partial charge in [-0.15, -0.1) is 0 Å². The molecule has 0 fully saturated rings. The van der Waals surface area contributed by atoms with E-state index >= 15 is 0 Å². The van der Waals surface area contributed by atoms with Crippen molar-refractivity contribution in [3.63, 3.8) is 0 Å². The Balaban J connectivity index is 1.14. The van der Waals surface area contributed by atoms with Crippen LogP contribution in [0.3, 0.4) is 0 Å². The molecular weight excluding hydrogens is 735 g/mol. The van der Waals surface area contributed by atoms with Gasteiger partial charge in [0.25, 0.3) is 0 Å². The Morgan fingerprint density at radius 2 is 1.03 bits per heavy atom. The SMILES string of the molecule is c1ccc(-c2ccc(-c3nc(-n4c5cc6c(cc5c5ccc7ccccc7c54)Sc4ccccc4C64c5ccccc5-c5ccccc54)nc4ccccc34)cc2)cc1. The molecule has 0 saturated heterocycles. The van der Waals surface area contributed by atoms with Crippen LogP contribution in [0, 0.1) is 0 Å². The van der Waals surface area contributed by atoms with Crippen LogP contribution in [0.1, 0.15) is 22.3 Å². The standard InChI is InChI=1S/C55H33N3S/c1-2-14-34(15-3-1)35-26-28-37(29-27-35)52-42-20-8-12-24-48(42)56-54(57-52)58-49-33-47-51(32-43(49)41-31-30-36-16-4-5-17-38(36)53(41)58)59-50-25-13-11-23-46(50)55(47)44-21-9-6-18-39(44)40-19-7-10-22-45(40)55/h1-33H. The molecule has 0 bridgehead atoms. The highest BCUT2D eigenvalue weighted by atomic mass is 32.2. The summed E-state index contributed by atoms with van der Waals surface area (Å²) in [6.07, 6.45) is 0. The van der Waals surface area contributed by atoms with E-state index in [1.54, 1.807) is 0 Å². The second kappa shape index (κ2) is 12.4. The second-order valence-corrected chi connectivity index (χ2v) is 16.7. The average Bonchev–Trinajstić information content (AvgIpc) is 3.79. The van der Waals surface area contributed by atoms with Gasteiger partial charge in [0.2, 0.25) is 5.95 Å².